The Bertz CT molecular complexity index is 853. The minimum absolute atomic E-state index is 0.00556. The van der Waals surface area contributed by atoms with Gasteiger partial charge < -0.3 is 5.32 Å². The van der Waals surface area contributed by atoms with Gasteiger partial charge in [-0.05, 0) is 75.3 Å². The van der Waals surface area contributed by atoms with E-state index in [0.29, 0.717) is 6.42 Å². The third-order valence-corrected chi connectivity index (χ3v) is 5.88. The lowest BCUT2D eigenvalue weighted by Crippen LogP contribution is -2.37. The van der Waals surface area contributed by atoms with Crippen LogP contribution in [0.5, 0.6) is 0 Å². The van der Waals surface area contributed by atoms with E-state index >= 15 is 0 Å². The van der Waals surface area contributed by atoms with Crippen molar-refractivity contribution in [3.8, 4) is 0 Å². The molecule has 0 bridgehead atoms. The number of nitrogens with zero attached hydrogens (tertiary/aromatic N) is 1. The number of pyridine rings is 1. The first kappa shape index (κ1) is 21.7. The maximum absolute atomic E-state index is 13.5. The van der Waals surface area contributed by atoms with Crippen molar-refractivity contribution in [1.82, 2.24) is 10.3 Å². The molecule has 0 amide bonds. The highest BCUT2D eigenvalue weighted by molar-refractivity contribution is 5.99. The number of ketones is 1. The van der Waals surface area contributed by atoms with E-state index < -0.39 is 0 Å². The number of Topliss-reactive ketones (excluding diaryl/α,β-unsaturated/α-hetero) is 1. The van der Waals surface area contributed by atoms with E-state index in [1.54, 1.807) is 0 Å². The second kappa shape index (κ2) is 8.02. The zero-order chi connectivity index (χ0) is 21.3. The summed E-state index contributed by atoms with van der Waals surface area (Å²) in [5.41, 5.74) is 4.47. The molecule has 3 rings (SSSR count). The van der Waals surface area contributed by atoms with Gasteiger partial charge in [-0.1, -0.05) is 45.0 Å². The molecule has 1 fully saturated rings. The van der Waals surface area contributed by atoms with Crippen molar-refractivity contribution in [1.29, 1.82) is 0 Å². The highest BCUT2D eigenvalue weighted by Gasteiger charge is 2.47. The predicted molar refractivity (Wildman–Crippen MR) is 121 cm³/mol. The van der Waals surface area contributed by atoms with E-state index in [0.717, 1.165) is 37.1 Å². The van der Waals surface area contributed by atoms with Crippen molar-refractivity contribution in [2.45, 2.75) is 83.6 Å². The number of carbonyl (C=O) groups excluding carboxylic acids is 1. The smallest absolute Gasteiger partial charge is 0.164 e. The van der Waals surface area contributed by atoms with Crippen LogP contribution in [-0.2, 0) is 17.3 Å². The fourth-order valence-corrected chi connectivity index (χ4v) is 4.14. The summed E-state index contributed by atoms with van der Waals surface area (Å²) in [6, 6.07) is 12.3. The molecule has 1 heterocycles. The van der Waals surface area contributed by atoms with Crippen molar-refractivity contribution in [2.75, 3.05) is 6.54 Å². The van der Waals surface area contributed by atoms with Gasteiger partial charge in [0, 0.05) is 34.8 Å². The Morgan fingerprint density at radius 2 is 1.76 bits per heavy atom. The third kappa shape index (κ3) is 5.33. The van der Waals surface area contributed by atoms with E-state index in [9.17, 15) is 4.79 Å². The van der Waals surface area contributed by atoms with Crippen LogP contribution in [-0.4, -0.2) is 22.9 Å². The lowest BCUT2D eigenvalue weighted by molar-refractivity contribution is 0.0968. The molecular formula is C26H36N2O. The molecule has 0 saturated heterocycles. The first-order valence-electron chi connectivity index (χ1n) is 10.8. The van der Waals surface area contributed by atoms with Crippen molar-refractivity contribution < 1.29 is 4.79 Å². The van der Waals surface area contributed by atoms with E-state index in [1.807, 2.05) is 24.4 Å². The van der Waals surface area contributed by atoms with Crippen LogP contribution in [0.25, 0.3) is 0 Å². The van der Waals surface area contributed by atoms with E-state index in [4.69, 9.17) is 0 Å². The van der Waals surface area contributed by atoms with Crippen molar-refractivity contribution >= 4 is 5.78 Å². The molecule has 156 valence electrons. The first-order chi connectivity index (χ1) is 13.5. The molecule has 3 nitrogen and oxygen atoms in total. The molecule has 1 aromatic heterocycles. The van der Waals surface area contributed by atoms with Gasteiger partial charge in [-0.3, -0.25) is 9.78 Å². The van der Waals surface area contributed by atoms with Crippen LogP contribution in [0.1, 0.15) is 88.0 Å². The Morgan fingerprint density at radius 1 is 1.03 bits per heavy atom. The number of benzene rings is 1. The van der Waals surface area contributed by atoms with Gasteiger partial charge in [0.2, 0.25) is 0 Å². The standard InChI is InChI=1S/C26H36N2O/c1-24(2,3)21-11-9-10-20(19(21)13-17-28-25(4,5)6)22(29)18-26(14-15-26)23-12-7-8-16-27-23/h7-12,16,28H,13-15,17-18H2,1-6H3. The van der Waals surface area contributed by atoms with Crippen LogP contribution < -0.4 is 5.32 Å². The fourth-order valence-electron chi connectivity index (χ4n) is 4.14. The molecule has 29 heavy (non-hydrogen) atoms. The van der Waals surface area contributed by atoms with Crippen molar-refractivity contribution in [3.05, 3.63) is 65.0 Å². The zero-order valence-corrected chi connectivity index (χ0v) is 18.9. The van der Waals surface area contributed by atoms with Gasteiger partial charge in [-0.25, -0.2) is 0 Å². The molecule has 0 radical (unpaired) electrons. The molecule has 0 unspecified atom stereocenters. The number of nitrogens with one attached hydrogen (secondary N) is 1. The van der Waals surface area contributed by atoms with Crippen LogP contribution in [0.15, 0.2) is 42.6 Å². The molecule has 0 aliphatic heterocycles. The Morgan fingerprint density at radius 3 is 2.31 bits per heavy atom. The average Bonchev–Trinajstić information content (AvgIpc) is 3.41. The summed E-state index contributed by atoms with van der Waals surface area (Å²) >= 11 is 0. The van der Waals surface area contributed by atoms with Crippen LogP contribution >= 0.6 is 0 Å². The van der Waals surface area contributed by atoms with Crippen LogP contribution in [0.2, 0.25) is 0 Å². The van der Waals surface area contributed by atoms with Crippen molar-refractivity contribution in [2.24, 2.45) is 0 Å². The Balaban J connectivity index is 1.88. The van der Waals surface area contributed by atoms with Gasteiger partial charge in [-0.2, -0.15) is 0 Å². The minimum atomic E-state index is -0.0585. The number of aromatic nitrogens is 1. The number of rotatable bonds is 7. The third-order valence-electron chi connectivity index (χ3n) is 5.88. The summed E-state index contributed by atoms with van der Waals surface area (Å²) in [5.74, 6) is 0.255. The van der Waals surface area contributed by atoms with Crippen LogP contribution in [0.3, 0.4) is 0 Å². The molecule has 1 aromatic carbocycles. The summed E-state index contributed by atoms with van der Waals surface area (Å²) in [5, 5.41) is 3.58. The quantitative estimate of drug-likeness (QED) is 0.622. The molecule has 1 aliphatic carbocycles. The van der Waals surface area contributed by atoms with Gasteiger partial charge in [0.05, 0.1) is 0 Å². The molecule has 1 saturated carbocycles. The average molecular weight is 393 g/mol. The van der Waals surface area contributed by atoms with E-state index in [2.05, 4.69) is 70.0 Å². The molecule has 1 aliphatic rings. The topological polar surface area (TPSA) is 42.0 Å². The molecule has 0 spiro atoms. The summed E-state index contributed by atoms with van der Waals surface area (Å²) < 4.78 is 0. The number of carbonyl (C=O) groups is 1. The van der Waals surface area contributed by atoms with Gasteiger partial charge in [0.25, 0.3) is 0 Å². The zero-order valence-electron chi connectivity index (χ0n) is 18.9. The summed E-state index contributed by atoms with van der Waals surface area (Å²) in [6.45, 7) is 14.1. The maximum atomic E-state index is 13.5. The summed E-state index contributed by atoms with van der Waals surface area (Å²) in [6.07, 6.45) is 5.36. The Labute approximate surface area is 176 Å². The Hall–Kier alpha value is -2.00. The SMILES string of the molecule is CC(C)(C)NCCc1c(C(=O)CC2(c3ccccn3)CC2)cccc1C(C)(C)C. The largest absolute Gasteiger partial charge is 0.312 e. The minimum Gasteiger partial charge on any atom is -0.312 e. The van der Waals surface area contributed by atoms with Gasteiger partial charge >= 0.3 is 0 Å². The predicted octanol–water partition coefficient (Wildman–Crippen LogP) is 5.61. The number of hydrogen-bond donors (Lipinski definition) is 1. The highest BCUT2D eigenvalue weighted by Crippen LogP contribution is 2.51. The summed E-state index contributed by atoms with van der Waals surface area (Å²) in [7, 11) is 0. The van der Waals surface area contributed by atoms with Crippen LogP contribution in [0, 0.1) is 0 Å². The molecule has 2 aromatic rings. The number of hydrogen-bond acceptors (Lipinski definition) is 3. The van der Waals surface area contributed by atoms with Crippen LogP contribution in [0.4, 0.5) is 0 Å². The Kier molecular flexibility index (Phi) is 6.01. The lowest BCUT2D eigenvalue weighted by Gasteiger charge is -2.27. The van der Waals surface area contributed by atoms with Crippen molar-refractivity contribution in [3.63, 3.8) is 0 Å². The van der Waals surface area contributed by atoms with Gasteiger partial charge in [0.15, 0.2) is 5.78 Å². The monoisotopic (exact) mass is 392 g/mol. The molecule has 1 N–H and O–H groups in total. The lowest BCUT2D eigenvalue weighted by atomic mass is 9.79. The fraction of sp³-hybridized carbons (Fsp3) is 0.538. The second-order valence-electron chi connectivity index (χ2n) is 10.6. The van der Waals surface area contributed by atoms with Gasteiger partial charge in [-0.15, -0.1) is 0 Å². The maximum Gasteiger partial charge on any atom is 0.164 e. The second-order valence-corrected chi connectivity index (χ2v) is 10.6. The summed E-state index contributed by atoms with van der Waals surface area (Å²) in [4.78, 5) is 18.0. The van der Waals surface area contributed by atoms with E-state index in [1.165, 1.54) is 11.1 Å². The first-order valence-corrected chi connectivity index (χ1v) is 10.8. The molecular weight excluding hydrogens is 356 g/mol. The van der Waals surface area contributed by atoms with Gasteiger partial charge in [0.1, 0.15) is 0 Å². The molecule has 3 heteroatoms. The highest BCUT2D eigenvalue weighted by atomic mass is 16.1. The normalized spacial score (nSPS) is 15.9. The molecule has 0 atom stereocenters. The van der Waals surface area contributed by atoms with E-state index in [-0.39, 0.29) is 22.2 Å².